The third kappa shape index (κ3) is 1.60. The summed E-state index contributed by atoms with van der Waals surface area (Å²) in [6.07, 6.45) is 0.937. The first-order valence-corrected chi connectivity index (χ1v) is 5.44. The van der Waals surface area contributed by atoms with E-state index in [1.165, 1.54) is 14.2 Å². The average Bonchev–Trinajstić information content (AvgIpc) is 2.51. The smallest absolute Gasteiger partial charge is 0.308 e. The van der Waals surface area contributed by atoms with Crippen molar-refractivity contribution in [1.82, 2.24) is 0 Å². The molecule has 0 spiro atoms. The topological polar surface area (TPSA) is 47.9 Å². The molecule has 0 aromatic heterocycles. The SMILES string of the molecule is COP(=O)(OC)C1=NCCC1C. The summed E-state index contributed by atoms with van der Waals surface area (Å²) in [5, 5.41) is 0. The minimum Gasteiger partial charge on any atom is -0.308 e. The summed E-state index contributed by atoms with van der Waals surface area (Å²) in [6.45, 7) is 2.71. The molecule has 4 nitrogen and oxygen atoms in total. The molecule has 0 fully saturated rings. The number of hydrogen-bond donors (Lipinski definition) is 0. The van der Waals surface area contributed by atoms with E-state index < -0.39 is 7.60 Å². The summed E-state index contributed by atoms with van der Waals surface area (Å²) >= 11 is 0. The first-order chi connectivity index (χ1) is 5.64. The molecule has 5 heteroatoms. The molecule has 0 amide bonds. The highest BCUT2D eigenvalue weighted by Crippen LogP contribution is 2.52. The average molecular weight is 191 g/mol. The Bertz CT molecular complexity index is 231. The third-order valence-corrected chi connectivity index (χ3v) is 4.14. The zero-order valence-electron chi connectivity index (χ0n) is 7.61. The lowest BCUT2D eigenvalue weighted by atomic mass is 10.2. The highest BCUT2D eigenvalue weighted by molar-refractivity contribution is 7.72. The Morgan fingerprint density at radius 2 is 2.08 bits per heavy atom. The maximum absolute atomic E-state index is 11.8. The van der Waals surface area contributed by atoms with Crippen LogP contribution in [0, 0.1) is 5.92 Å². The molecule has 0 radical (unpaired) electrons. The van der Waals surface area contributed by atoms with Crippen molar-refractivity contribution < 1.29 is 13.6 Å². The Morgan fingerprint density at radius 1 is 1.50 bits per heavy atom. The van der Waals surface area contributed by atoms with E-state index in [1.54, 1.807) is 0 Å². The molecule has 70 valence electrons. The van der Waals surface area contributed by atoms with Crippen LogP contribution in [0.2, 0.25) is 0 Å². The summed E-state index contributed by atoms with van der Waals surface area (Å²) in [5.74, 6) is 0.218. The molecule has 1 aliphatic heterocycles. The van der Waals surface area contributed by atoms with Crippen molar-refractivity contribution in [1.29, 1.82) is 0 Å². The van der Waals surface area contributed by atoms with Crippen LogP contribution in [0.3, 0.4) is 0 Å². The maximum atomic E-state index is 11.8. The van der Waals surface area contributed by atoms with E-state index in [0.29, 0.717) is 5.45 Å². The molecular weight excluding hydrogens is 177 g/mol. The Balaban J connectivity index is 2.86. The van der Waals surface area contributed by atoms with Gasteiger partial charge in [-0.25, -0.2) is 0 Å². The van der Waals surface area contributed by atoms with E-state index in [9.17, 15) is 4.57 Å². The normalized spacial score (nSPS) is 24.2. The summed E-state index contributed by atoms with van der Waals surface area (Å²) in [4.78, 5) is 4.13. The molecule has 1 rings (SSSR count). The molecule has 1 aliphatic rings. The first kappa shape index (κ1) is 9.90. The van der Waals surface area contributed by atoms with Crippen LogP contribution in [-0.2, 0) is 13.6 Å². The lowest BCUT2D eigenvalue weighted by molar-refractivity contribution is 0.289. The van der Waals surface area contributed by atoms with Crippen LogP contribution in [0.4, 0.5) is 0 Å². The van der Waals surface area contributed by atoms with Crippen molar-refractivity contribution in [2.24, 2.45) is 10.9 Å². The maximum Gasteiger partial charge on any atom is 0.374 e. The van der Waals surface area contributed by atoms with Crippen LogP contribution >= 0.6 is 7.60 Å². The molecule has 0 saturated carbocycles. The van der Waals surface area contributed by atoms with Gasteiger partial charge in [0.1, 0.15) is 5.45 Å². The molecule has 1 unspecified atom stereocenters. The molecule has 1 atom stereocenters. The number of rotatable bonds is 3. The fourth-order valence-electron chi connectivity index (χ4n) is 1.28. The molecule has 12 heavy (non-hydrogen) atoms. The Hall–Kier alpha value is -0.180. The van der Waals surface area contributed by atoms with Crippen LogP contribution in [-0.4, -0.2) is 26.2 Å². The van der Waals surface area contributed by atoms with Gasteiger partial charge in [-0.15, -0.1) is 0 Å². The molecule has 0 aromatic rings. The minimum absolute atomic E-state index is 0.218. The van der Waals surface area contributed by atoms with Crippen LogP contribution in [0.5, 0.6) is 0 Å². The fourth-order valence-corrected chi connectivity index (χ4v) is 2.74. The molecular formula is C7H14NO3P. The summed E-state index contributed by atoms with van der Waals surface area (Å²) < 4.78 is 21.5. The van der Waals surface area contributed by atoms with Crippen LogP contribution in [0.15, 0.2) is 4.99 Å². The van der Waals surface area contributed by atoms with E-state index in [4.69, 9.17) is 9.05 Å². The summed E-state index contributed by atoms with van der Waals surface area (Å²) in [6, 6.07) is 0. The standard InChI is InChI=1S/C7H14NO3P/c1-6-4-5-8-7(6)12(9,10-2)11-3/h6H,4-5H2,1-3H3. The van der Waals surface area contributed by atoms with E-state index in [0.717, 1.165) is 13.0 Å². The van der Waals surface area contributed by atoms with Gasteiger partial charge in [0.25, 0.3) is 0 Å². The predicted octanol–water partition coefficient (Wildman–Crippen LogP) is 1.91. The van der Waals surface area contributed by atoms with Crippen molar-refractivity contribution in [3.63, 3.8) is 0 Å². The molecule has 0 aromatic carbocycles. The first-order valence-electron chi connectivity index (χ1n) is 3.90. The van der Waals surface area contributed by atoms with Gasteiger partial charge < -0.3 is 9.05 Å². The quantitative estimate of drug-likeness (QED) is 0.640. The second-order valence-electron chi connectivity index (χ2n) is 2.79. The summed E-state index contributed by atoms with van der Waals surface area (Å²) in [5.41, 5.74) is 0.590. The predicted molar refractivity (Wildman–Crippen MR) is 47.7 cm³/mol. The van der Waals surface area contributed by atoms with Crippen molar-refractivity contribution in [3.05, 3.63) is 0 Å². The van der Waals surface area contributed by atoms with E-state index in [1.807, 2.05) is 6.92 Å². The Labute approximate surface area is 72.5 Å². The molecule has 0 aliphatic carbocycles. The number of nitrogens with zero attached hydrogens (tertiary/aromatic N) is 1. The van der Waals surface area contributed by atoms with Gasteiger partial charge in [-0.1, -0.05) is 6.92 Å². The van der Waals surface area contributed by atoms with Crippen LogP contribution < -0.4 is 0 Å². The van der Waals surface area contributed by atoms with Gasteiger partial charge in [-0.05, 0) is 6.42 Å². The van der Waals surface area contributed by atoms with E-state index >= 15 is 0 Å². The lowest BCUT2D eigenvalue weighted by Crippen LogP contribution is -2.08. The monoisotopic (exact) mass is 191 g/mol. The Morgan fingerprint density at radius 3 is 2.42 bits per heavy atom. The van der Waals surface area contributed by atoms with Gasteiger partial charge in [0, 0.05) is 26.7 Å². The van der Waals surface area contributed by atoms with Crippen LogP contribution in [0.1, 0.15) is 13.3 Å². The number of hydrogen-bond acceptors (Lipinski definition) is 4. The molecule has 0 N–H and O–H groups in total. The van der Waals surface area contributed by atoms with Crippen molar-refractivity contribution in [2.75, 3.05) is 20.8 Å². The third-order valence-electron chi connectivity index (χ3n) is 2.04. The molecule has 0 saturated heterocycles. The second kappa shape index (κ2) is 3.69. The highest BCUT2D eigenvalue weighted by Gasteiger charge is 2.35. The fraction of sp³-hybridized carbons (Fsp3) is 0.857. The Kier molecular flexibility index (Phi) is 3.04. The molecule has 1 heterocycles. The van der Waals surface area contributed by atoms with Crippen molar-refractivity contribution in [2.45, 2.75) is 13.3 Å². The second-order valence-corrected chi connectivity index (χ2v) is 4.98. The van der Waals surface area contributed by atoms with Gasteiger partial charge in [0.05, 0.1) is 0 Å². The minimum atomic E-state index is -3.03. The van der Waals surface area contributed by atoms with E-state index in [-0.39, 0.29) is 5.92 Å². The zero-order chi connectivity index (χ0) is 9.19. The number of aliphatic imine (C=N–C) groups is 1. The van der Waals surface area contributed by atoms with Gasteiger partial charge >= 0.3 is 7.60 Å². The largest absolute Gasteiger partial charge is 0.374 e. The van der Waals surface area contributed by atoms with Gasteiger partial charge in [-0.2, -0.15) is 0 Å². The zero-order valence-corrected chi connectivity index (χ0v) is 8.51. The van der Waals surface area contributed by atoms with Crippen molar-refractivity contribution >= 4 is 13.0 Å². The van der Waals surface area contributed by atoms with Crippen LogP contribution in [0.25, 0.3) is 0 Å². The molecule has 0 bridgehead atoms. The van der Waals surface area contributed by atoms with Crippen molar-refractivity contribution in [3.8, 4) is 0 Å². The highest BCUT2D eigenvalue weighted by atomic mass is 31.2. The van der Waals surface area contributed by atoms with Gasteiger partial charge in [0.15, 0.2) is 0 Å². The van der Waals surface area contributed by atoms with Gasteiger partial charge in [-0.3, -0.25) is 9.56 Å². The summed E-state index contributed by atoms with van der Waals surface area (Å²) in [7, 11) is -0.261. The van der Waals surface area contributed by atoms with E-state index in [2.05, 4.69) is 4.99 Å². The van der Waals surface area contributed by atoms with Gasteiger partial charge in [0.2, 0.25) is 0 Å². The lowest BCUT2D eigenvalue weighted by Gasteiger charge is -2.16.